The summed E-state index contributed by atoms with van der Waals surface area (Å²) in [5.41, 5.74) is -2.64. The molecule has 2 atom stereocenters. The number of Topliss-reactive ketones (excluding diaryl/α,β-unsaturated/α-hetero) is 2. The van der Waals surface area contributed by atoms with E-state index in [4.69, 9.17) is 9.78 Å². The number of carbonyl (C=O) groups excluding carboxylic acids is 4. The average Bonchev–Trinajstić information content (AvgIpc) is 2.97. The summed E-state index contributed by atoms with van der Waals surface area (Å²) in [5, 5.41) is 0. The van der Waals surface area contributed by atoms with E-state index in [0.29, 0.717) is 63.2 Å². The van der Waals surface area contributed by atoms with E-state index in [-0.39, 0.29) is 11.6 Å². The molecule has 0 amide bonds. The predicted molar refractivity (Wildman–Crippen MR) is 181 cm³/mol. The van der Waals surface area contributed by atoms with Crippen LogP contribution in [-0.2, 0) is 29.0 Å². The van der Waals surface area contributed by atoms with Crippen molar-refractivity contribution in [3.63, 3.8) is 0 Å². The Morgan fingerprint density at radius 1 is 0.455 bits per heavy atom. The van der Waals surface area contributed by atoms with Gasteiger partial charge >= 0.3 is 11.9 Å². The van der Waals surface area contributed by atoms with Gasteiger partial charge in [-0.15, -0.1) is 0 Å². The Kier molecular flexibility index (Phi) is 23.5. The first-order valence-corrected chi connectivity index (χ1v) is 18.5. The molecule has 0 N–H and O–H groups in total. The SMILES string of the molecule is CCCCCC(CCC)(C(=O)CCCCCC(C)C)C(=O)OOC(=O)C(CCC)(CCCCC)C(=O)CCCCCC(C)C. The van der Waals surface area contributed by atoms with E-state index in [1.807, 2.05) is 13.8 Å². The van der Waals surface area contributed by atoms with Gasteiger partial charge in [-0.2, -0.15) is 0 Å². The van der Waals surface area contributed by atoms with Crippen LogP contribution < -0.4 is 0 Å². The Bertz CT molecular complexity index is 737. The summed E-state index contributed by atoms with van der Waals surface area (Å²) in [7, 11) is 0. The molecular weight excluding hydrogens is 552 g/mol. The molecule has 0 heterocycles. The van der Waals surface area contributed by atoms with Crippen molar-refractivity contribution in [2.75, 3.05) is 0 Å². The van der Waals surface area contributed by atoms with E-state index in [0.717, 1.165) is 89.9 Å². The smallest absolute Gasteiger partial charge is 0.298 e. The second kappa shape index (κ2) is 24.5. The van der Waals surface area contributed by atoms with E-state index in [1.165, 1.54) is 0 Å². The van der Waals surface area contributed by atoms with Gasteiger partial charge in [-0.05, 0) is 50.4 Å². The zero-order valence-electron chi connectivity index (χ0n) is 30.2. The molecule has 0 aromatic heterocycles. The summed E-state index contributed by atoms with van der Waals surface area (Å²) in [6.07, 6.45) is 16.4. The van der Waals surface area contributed by atoms with Crippen LogP contribution in [0.4, 0.5) is 0 Å². The molecule has 0 fully saturated rings. The molecule has 44 heavy (non-hydrogen) atoms. The number of carbonyl (C=O) groups is 4. The normalized spacial score (nSPS) is 14.3. The topological polar surface area (TPSA) is 86.7 Å². The third kappa shape index (κ3) is 15.5. The van der Waals surface area contributed by atoms with Crippen molar-refractivity contribution in [3.8, 4) is 0 Å². The van der Waals surface area contributed by atoms with Crippen molar-refractivity contribution in [2.45, 2.75) is 197 Å². The molecule has 2 unspecified atom stereocenters. The average molecular weight is 623 g/mol. The summed E-state index contributed by atoms with van der Waals surface area (Å²) in [6.45, 7) is 16.9. The van der Waals surface area contributed by atoms with Crippen molar-refractivity contribution < 1.29 is 29.0 Å². The van der Waals surface area contributed by atoms with Gasteiger partial charge in [-0.25, -0.2) is 19.4 Å². The standard InChI is InChI=1S/C38H70O6/c1-9-13-21-29-37(27-11-3,33(39)25-19-15-17-23-31(5)6)35(41)43-44-36(42)38(28-12-4,30-22-14-10-2)34(40)26-20-16-18-24-32(7)8/h31-32H,9-30H2,1-8H3. The predicted octanol–water partition coefficient (Wildman–Crippen LogP) is 11.1. The van der Waals surface area contributed by atoms with Gasteiger partial charge in [0.1, 0.15) is 22.4 Å². The summed E-state index contributed by atoms with van der Waals surface area (Å²) in [5.74, 6) is -0.501. The summed E-state index contributed by atoms with van der Waals surface area (Å²) >= 11 is 0. The summed E-state index contributed by atoms with van der Waals surface area (Å²) in [6, 6.07) is 0. The van der Waals surface area contributed by atoms with Crippen LogP contribution in [0.1, 0.15) is 197 Å². The van der Waals surface area contributed by atoms with E-state index < -0.39 is 22.8 Å². The quantitative estimate of drug-likeness (QED) is 0.0373. The Morgan fingerprint density at radius 2 is 0.818 bits per heavy atom. The van der Waals surface area contributed by atoms with Crippen molar-refractivity contribution in [1.29, 1.82) is 0 Å². The molecule has 0 spiro atoms. The van der Waals surface area contributed by atoms with Crippen LogP contribution in [0.15, 0.2) is 0 Å². The van der Waals surface area contributed by atoms with Crippen LogP contribution in [0.3, 0.4) is 0 Å². The molecular formula is C38H70O6. The van der Waals surface area contributed by atoms with Crippen LogP contribution in [0.2, 0.25) is 0 Å². The maximum absolute atomic E-state index is 13.8. The third-order valence-electron chi connectivity index (χ3n) is 9.18. The minimum Gasteiger partial charge on any atom is -0.298 e. The van der Waals surface area contributed by atoms with Crippen LogP contribution in [-0.4, -0.2) is 23.5 Å². The highest BCUT2D eigenvalue weighted by atomic mass is 17.2. The van der Waals surface area contributed by atoms with Gasteiger partial charge in [-0.1, -0.05) is 145 Å². The zero-order valence-corrected chi connectivity index (χ0v) is 30.2. The Morgan fingerprint density at radius 3 is 1.11 bits per heavy atom. The fourth-order valence-electron chi connectivity index (χ4n) is 6.39. The van der Waals surface area contributed by atoms with Crippen molar-refractivity contribution in [3.05, 3.63) is 0 Å². The molecule has 0 aromatic carbocycles. The van der Waals surface area contributed by atoms with Crippen LogP contribution >= 0.6 is 0 Å². The largest absolute Gasteiger partial charge is 0.369 e. The molecule has 0 saturated heterocycles. The summed E-state index contributed by atoms with van der Waals surface area (Å²) < 4.78 is 0. The molecule has 6 heteroatoms. The highest BCUT2D eigenvalue weighted by Crippen LogP contribution is 2.38. The second-order valence-electron chi connectivity index (χ2n) is 14.2. The number of hydrogen-bond donors (Lipinski definition) is 0. The van der Waals surface area contributed by atoms with Crippen LogP contribution in [0.5, 0.6) is 0 Å². The fraction of sp³-hybridized carbons (Fsp3) is 0.895. The van der Waals surface area contributed by atoms with E-state index >= 15 is 0 Å². The first-order valence-electron chi connectivity index (χ1n) is 18.5. The van der Waals surface area contributed by atoms with Gasteiger partial charge in [-0.3, -0.25) is 9.59 Å². The van der Waals surface area contributed by atoms with E-state index in [1.54, 1.807) is 0 Å². The van der Waals surface area contributed by atoms with E-state index in [9.17, 15) is 19.2 Å². The minimum atomic E-state index is -1.32. The molecule has 0 saturated carbocycles. The van der Waals surface area contributed by atoms with Crippen molar-refractivity contribution in [2.24, 2.45) is 22.7 Å². The number of hydrogen-bond acceptors (Lipinski definition) is 6. The second-order valence-corrected chi connectivity index (χ2v) is 14.2. The Hall–Kier alpha value is -1.72. The lowest BCUT2D eigenvalue weighted by Gasteiger charge is -2.31. The van der Waals surface area contributed by atoms with Gasteiger partial charge in [0.2, 0.25) is 0 Å². The lowest BCUT2D eigenvalue weighted by molar-refractivity contribution is -0.273. The molecule has 0 radical (unpaired) electrons. The van der Waals surface area contributed by atoms with Crippen LogP contribution in [0.25, 0.3) is 0 Å². The van der Waals surface area contributed by atoms with E-state index in [2.05, 4.69) is 41.5 Å². The monoisotopic (exact) mass is 623 g/mol. The van der Waals surface area contributed by atoms with Crippen LogP contribution in [0, 0.1) is 22.7 Å². The molecule has 0 bridgehead atoms. The van der Waals surface area contributed by atoms with Gasteiger partial charge in [0.05, 0.1) is 0 Å². The number of ketones is 2. The minimum absolute atomic E-state index is 0.110. The lowest BCUT2D eigenvalue weighted by Crippen LogP contribution is -2.44. The Labute approximate surface area is 271 Å². The number of rotatable bonds is 28. The van der Waals surface area contributed by atoms with Gasteiger partial charge < -0.3 is 0 Å². The van der Waals surface area contributed by atoms with Crippen molar-refractivity contribution >= 4 is 23.5 Å². The fourth-order valence-corrected chi connectivity index (χ4v) is 6.39. The lowest BCUT2D eigenvalue weighted by atomic mass is 9.73. The Balaban J connectivity index is 5.90. The van der Waals surface area contributed by atoms with Gasteiger partial charge in [0.15, 0.2) is 0 Å². The molecule has 0 aliphatic heterocycles. The first kappa shape index (κ1) is 42.3. The van der Waals surface area contributed by atoms with Gasteiger partial charge in [0, 0.05) is 12.8 Å². The highest BCUT2D eigenvalue weighted by Gasteiger charge is 2.49. The van der Waals surface area contributed by atoms with Gasteiger partial charge in [0.25, 0.3) is 0 Å². The number of unbranched alkanes of at least 4 members (excludes halogenated alkanes) is 8. The molecule has 258 valence electrons. The molecule has 6 nitrogen and oxygen atoms in total. The maximum Gasteiger partial charge on any atom is 0.369 e. The molecule has 0 aromatic rings. The zero-order chi connectivity index (χ0) is 33.4. The molecule has 0 rings (SSSR count). The molecule has 0 aliphatic carbocycles. The first-order chi connectivity index (χ1) is 21.0. The third-order valence-corrected chi connectivity index (χ3v) is 9.18. The molecule has 0 aliphatic rings. The summed E-state index contributed by atoms with van der Waals surface area (Å²) in [4.78, 5) is 65.7. The maximum atomic E-state index is 13.8. The highest BCUT2D eigenvalue weighted by molar-refractivity contribution is 6.05. The van der Waals surface area contributed by atoms with Crippen molar-refractivity contribution in [1.82, 2.24) is 0 Å².